The molecule has 1 aliphatic heterocycles. The van der Waals surface area contributed by atoms with Gasteiger partial charge in [-0.1, -0.05) is 12.1 Å². The van der Waals surface area contributed by atoms with Crippen LogP contribution in [0.15, 0.2) is 41.3 Å². The molecule has 0 bridgehead atoms. The van der Waals surface area contributed by atoms with Gasteiger partial charge in [-0.05, 0) is 61.3 Å². The van der Waals surface area contributed by atoms with Crippen molar-refractivity contribution in [1.82, 2.24) is 4.31 Å². The van der Waals surface area contributed by atoms with Crippen molar-refractivity contribution in [3.8, 4) is 5.75 Å². The first kappa shape index (κ1) is 24.5. The fraction of sp³-hybridized carbons (Fsp3) is 0.435. The van der Waals surface area contributed by atoms with Crippen molar-refractivity contribution >= 4 is 16.0 Å². The van der Waals surface area contributed by atoms with E-state index < -0.39 is 44.0 Å². The molecular weight excluding hydrogens is 478 g/mol. The van der Waals surface area contributed by atoms with Gasteiger partial charge in [-0.25, -0.2) is 17.6 Å². The lowest BCUT2D eigenvalue weighted by molar-refractivity contribution is -0.139. The van der Waals surface area contributed by atoms with Gasteiger partial charge in [-0.15, -0.1) is 0 Å². The first-order valence-corrected chi connectivity index (χ1v) is 12.3. The third kappa shape index (κ3) is 5.05. The lowest BCUT2D eigenvalue weighted by atomic mass is 9.99. The molecule has 0 unspecified atom stereocenters. The molecule has 2 aromatic rings. The number of piperidine rings is 1. The predicted molar refractivity (Wildman–Crippen MR) is 114 cm³/mol. The highest BCUT2D eigenvalue weighted by atomic mass is 32.2. The Kier molecular flexibility index (Phi) is 6.61. The number of hydrogen-bond donors (Lipinski definition) is 1. The molecule has 1 N–H and O–H groups in total. The second-order valence-corrected chi connectivity index (χ2v) is 10.5. The van der Waals surface area contributed by atoms with Crippen LogP contribution in [0.25, 0.3) is 0 Å². The maximum Gasteiger partial charge on any atom is 0.417 e. The van der Waals surface area contributed by atoms with Crippen LogP contribution in [-0.4, -0.2) is 43.5 Å². The molecule has 0 aromatic heterocycles. The highest BCUT2D eigenvalue weighted by Gasteiger charge is 2.39. The van der Waals surface area contributed by atoms with Crippen molar-refractivity contribution in [3.05, 3.63) is 58.9 Å². The normalized spacial score (nSPS) is 18.1. The van der Waals surface area contributed by atoms with Crippen LogP contribution >= 0.6 is 0 Å². The zero-order valence-electron chi connectivity index (χ0n) is 18.0. The molecule has 0 atom stereocenters. The van der Waals surface area contributed by atoms with Crippen LogP contribution in [0, 0.1) is 11.7 Å². The van der Waals surface area contributed by atoms with E-state index in [0.29, 0.717) is 18.4 Å². The number of alkyl halides is 3. The summed E-state index contributed by atoms with van der Waals surface area (Å²) in [4.78, 5) is 10.5. The van der Waals surface area contributed by atoms with Crippen LogP contribution in [0.1, 0.15) is 53.1 Å². The second-order valence-electron chi connectivity index (χ2n) is 8.60. The Balaban J connectivity index is 1.42. The van der Waals surface area contributed by atoms with E-state index >= 15 is 0 Å². The van der Waals surface area contributed by atoms with Crippen molar-refractivity contribution in [3.63, 3.8) is 0 Å². The van der Waals surface area contributed by atoms with Gasteiger partial charge >= 0.3 is 12.1 Å². The Morgan fingerprint density at radius 2 is 1.74 bits per heavy atom. The lowest BCUT2D eigenvalue weighted by Gasteiger charge is -2.31. The molecular formula is C23H23F4NO5S. The van der Waals surface area contributed by atoms with Crippen molar-refractivity contribution in [2.45, 2.75) is 42.7 Å². The van der Waals surface area contributed by atoms with Crippen LogP contribution in [-0.2, 0) is 16.2 Å². The third-order valence-electron chi connectivity index (χ3n) is 6.21. The topological polar surface area (TPSA) is 83.9 Å². The number of benzene rings is 2. The summed E-state index contributed by atoms with van der Waals surface area (Å²) < 4.78 is 86.7. The van der Waals surface area contributed by atoms with Crippen molar-refractivity contribution < 1.29 is 40.6 Å². The largest absolute Gasteiger partial charge is 0.493 e. The fourth-order valence-electron chi connectivity index (χ4n) is 4.16. The molecule has 4 rings (SSSR count). The minimum Gasteiger partial charge on any atom is -0.493 e. The zero-order chi connectivity index (χ0) is 24.7. The first-order chi connectivity index (χ1) is 16.0. The number of carboxylic acid groups (broad SMARTS) is 1. The lowest BCUT2D eigenvalue weighted by Crippen LogP contribution is -2.40. The number of aromatic carboxylic acids is 1. The number of hydrogen-bond acceptors (Lipinski definition) is 4. The monoisotopic (exact) mass is 501 g/mol. The molecule has 184 valence electrons. The Labute approximate surface area is 194 Å². The van der Waals surface area contributed by atoms with E-state index in [2.05, 4.69) is 0 Å². The molecule has 0 radical (unpaired) electrons. The number of nitrogens with zero attached hydrogens (tertiary/aromatic N) is 1. The third-order valence-corrected chi connectivity index (χ3v) is 8.16. The van der Waals surface area contributed by atoms with Crippen LogP contribution in [0.3, 0.4) is 0 Å². The molecule has 1 saturated heterocycles. The number of sulfonamides is 1. The van der Waals surface area contributed by atoms with Gasteiger partial charge in [0.25, 0.3) is 0 Å². The molecule has 2 aromatic carbocycles. The Morgan fingerprint density at radius 3 is 2.32 bits per heavy atom. The van der Waals surface area contributed by atoms with Crippen molar-refractivity contribution in [1.29, 1.82) is 0 Å². The van der Waals surface area contributed by atoms with Crippen LogP contribution in [0.2, 0.25) is 0 Å². The Morgan fingerprint density at radius 1 is 1.09 bits per heavy atom. The average Bonchev–Trinajstić information content (AvgIpc) is 3.62. The molecule has 1 aliphatic carbocycles. The van der Waals surface area contributed by atoms with Gasteiger partial charge in [0.2, 0.25) is 10.0 Å². The van der Waals surface area contributed by atoms with Gasteiger partial charge in [0.1, 0.15) is 11.6 Å². The molecule has 6 nitrogen and oxygen atoms in total. The van der Waals surface area contributed by atoms with Gasteiger partial charge < -0.3 is 9.84 Å². The highest BCUT2D eigenvalue weighted by Crippen LogP contribution is 2.45. The highest BCUT2D eigenvalue weighted by molar-refractivity contribution is 7.89. The minimum atomic E-state index is -4.79. The zero-order valence-corrected chi connectivity index (χ0v) is 18.8. The standard InChI is InChI=1S/C23H23F4NO5S/c24-19-12-20(16(15-5-6-15)11-17(19)22(29)30)33-13-14-7-9-28(10-8-14)34(31,32)21-4-2-1-3-18(21)23(25,26)27/h1-4,11-12,14-15H,5-10,13H2,(H,29,30). The summed E-state index contributed by atoms with van der Waals surface area (Å²) in [5, 5.41) is 9.15. The van der Waals surface area contributed by atoms with E-state index in [-0.39, 0.29) is 37.3 Å². The van der Waals surface area contributed by atoms with Crippen molar-refractivity contribution in [2.75, 3.05) is 19.7 Å². The molecule has 2 aliphatic rings. The Bertz CT molecular complexity index is 1190. The smallest absolute Gasteiger partial charge is 0.417 e. The number of ether oxygens (including phenoxy) is 1. The molecule has 0 amide bonds. The maximum absolute atomic E-state index is 14.2. The van der Waals surface area contributed by atoms with E-state index in [1.165, 1.54) is 12.1 Å². The average molecular weight is 501 g/mol. The molecule has 1 heterocycles. The molecule has 34 heavy (non-hydrogen) atoms. The predicted octanol–water partition coefficient (Wildman–Crippen LogP) is 4.90. The first-order valence-electron chi connectivity index (χ1n) is 10.8. The summed E-state index contributed by atoms with van der Waals surface area (Å²) >= 11 is 0. The number of rotatable bonds is 7. The van der Waals surface area contributed by atoms with Gasteiger partial charge in [-0.3, -0.25) is 0 Å². The SMILES string of the molecule is O=C(O)c1cc(C2CC2)c(OCC2CCN(S(=O)(=O)c3ccccc3C(F)(F)F)CC2)cc1F. The number of carbonyl (C=O) groups is 1. The number of halogens is 4. The molecule has 0 spiro atoms. The maximum atomic E-state index is 14.2. The van der Waals surface area contributed by atoms with Crippen LogP contribution in [0.4, 0.5) is 17.6 Å². The van der Waals surface area contributed by atoms with E-state index in [1.807, 2.05) is 0 Å². The van der Waals surface area contributed by atoms with E-state index in [0.717, 1.165) is 41.4 Å². The summed E-state index contributed by atoms with van der Waals surface area (Å²) in [5.74, 6) is -1.94. The quantitative estimate of drug-likeness (QED) is 0.546. The molecule has 11 heteroatoms. The van der Waals surface area contributed by atoms with Gasteiger partial charge in [0.15, 0.2) is 0 Å². The summed E-state index contributed by atoms with van der Waals surface area (Å²) in [6, 6.07) is 6.49. The Hall–Kier alpha value is -2.66. The molecule has 2 fully saturated rings. The minimum absolute atomic E-state index is 0.0321. The van der Waals surface area contributed by atoms with Crippen molar-refractivity contribution in [2.24, 2.45) is 5.92 Å². The van der Waals surface area contributed by atoms with Crippen LogP contribution < -0.4 is 4.74 Å². The fourth-order valence-corrected chi connectivity index (χ4v) is 5.84. The summed E-state index contributed by atoms with van der Waals surface area (Å²) in [6.45, 7) is 0.229. The summed E-state index contributed by atoms with van der Waals surface area (Å²) in [6.07, 6.45) is -2.35. The second kappa shape index (κ2) is 9.18. The van der Waals surface area contributed by atoms with Gasteiger partial charge in [-0.2, -0.15) is 17.5 Å². The van der Waals surface area contributed by atoms with Gasteiger partial charge in [0, 0.05) is 19.2 Å². The number of carboxylic acids is 1. The van der Waals surface area contributed by atoms with Crippen LogP contribution in [0.5, 0.6) is 5.75 Å². The van der Waals surface area contributed by atoms with E-state index in [9.17, 15) is 30.8 Å². The summed E-state index contributed by atoms with van der Waals surface area (Å²) in [7, 11) is -4.33. The van der Waals surface area contributed by atoms with Gasteiger partial charge in [0.05, 0.1) is 22.6 Å². The molecule has 1 saturated carbocycles. The summed E-state index contributed by atoms with van der Waals surface area (Å²) in [5.41, 5.74) is -0.964. The van der Waals surface area contributed by atoms with E-state index in [1.54, 1.807) is 0 Å². The van der Waals surface area contributed by atoms with E-state index in [4.69, 9.17) is 9.84 Å².